The minimum atomic E-state index is -3.97. The molecular formula is C25H29FIN3O3S. The molecule has 6 nitrogen and oxygen atoms in total. The van der Waals surface area contributed by atoms with Crippen molar-refractivity contribution in [2.24, 2.45) is 5.92 Å². The van der Waals surface area contributed by atoms with Crippen LogP contribution in [0.5, 0.6) is 0 Å². The molecule has 4 rings (SSSR count). The molecule has 0 spiro atoms. The summed E-state index contributed by atoms with van der Waals surface area (Å²) in [6, 6.07) is 7.14. The summed E-state index contributed by atoms with van der Waals surface area (Å²) in [5.41, 5.74) is 0.584. The summed E-state index contributed by atoms with van der Waals surface area (Å²) >= 11 is 1.68. The molecule has 0 atom stereocenters. The van der Waals surface area contributed by atoms with Gasteiger partial charge in [-0.2, -0.15) is 4.39 Å². The van der Waals surface area contributed by atoms with E-state index in [2.05, 4.69) is 25.3 Å². The van der Waals surface area contributed by atoms with Crippen LogP contribution in [0.15, 0.2) is 55.2 Å². The van der Waals surface area contributed by atoms with Crippen molar-refractivity contribution in [3.63, 3.8) is 0 Å². The zero-order valence-electron chi connectivity index (χ0n) is 19.6. The maximum absolute atomic E-state index is 13.8. The molecule has 1 fully saturated rings. The van der Waals surface area contributed by atoms with Crippen LogP contribution in [0.3, 0.4) is 0 Å². The SMILES string of the molecule is CC(C)(C)c1nc2cc(S(=O)(=O)c3ccn(/C(F)=C\I)c(=O)c3)ccc2n1CC1CCCCC1. The predicted octanol–water partition coefficient (Wildman–Crippen LogP) is 6.07. The molecule has 0 radical (unpaired) electrons. The van der Waals surface area contributed by atoms with Gasteiger partial charge in [0.2, 0.25) is 15.8 Å². The van der Waals surface area contributed by atoms with Crippen LogP contribution in [0, 0.1) is 5.92 Å². The van der Waals surface area contributed by atoms with E-state index in [9.17, 15) is 17.6 Å². The zero-order valence-corrected chi connectivity index (χ0v) is 22.6. The number of imidazole rings is 1. The van der Waals surface area contributed by atoms with Crippen molar-refractivity contribution in [1.82, 2.24) is 14.1 Å². The zero-order chi connectivity index (χ0) is 24.7. The molecule has 0 amide bonds. The smallest absolute Gasteiger partial charge is 0.258 e. The van der Waals surface area contributed by atoms with Crippen LogP contribution in [0.2, 0.25) is 0 Å². The standard InChI is InChI=1S/C25H29FIN3O3S/c1-25(2,3)24-28-20-13-18(9-10-21(20)30(24)16-17-7-5-4-6-8-17)34(32,33)19-11-12-29(22(26)15-27)23(31)14-19/h9-15,17H,4-8,16H2,1-3H3/b22-15-. The second kappa shape index (κ2) is 9.56. The lowest BCUT2D eigenvalue weighted by atomic mass is 9.88. The molecule has 0 bridgehead atoms. The van der Waals surface area contributed by atoms with Gasteiger partial charge in [0.15, 0.2) is 0 Å². The molecule has 1 aromatic carbocycles. The second-order valence-corrected chi connectivity index (χ2v) is 12.5. The molecule has 0 N–H and O–H groups in total. The number of hydrogen-bond acceptors (Lipinski definition) is 4. The molecule has 0 saturated heterocycles. The summed E-state index contributed by atoms with van der Waals surface area (Å²) in [7, 11) is -3.97. The first kappa shape index (κ1) is 25.1. The molecule has 9 heteroatoms. The number of sulfone groups is 1. The summed E-state index contributed by atoms with van der Waals surface area (Å²) in [4.78, 5) is 17.0. The minimum absolute atomic E-state index is 0.0600. The van der Waals surface area contributed by atoms with Gasteiger partial charge in [-0.05, 0) is 65.6 Å². The van der Waals surface area contributed by atoms with Gasteiger partial charge in [-0.1, -0.05) is 40.0 Å². The average Bonchev–Trinajstić information content (AvgIpc) is 3.17. The summed E-state index contributed by atoms with van der Waals surface area (Å²) in [6.45, 7) is 7.22. The summed E-state index contributed by atoms with van der Waals surface area (Å²) in [5, 5.41) is 0. The fraction of sp³-hybridized carbons (Fsp3) is 0.440. The summed E-state index contributed by atoms with van der Waals surface area (Å²) < 4.78 is 44.5. The Morgan fingerprint density at radius 1 is 1.15 bits per heavy atom. The Bertz CT molecular complexity index is 1410. The van der Waals surface area contributed by atoms with Crippen LogP contribution in [-0.4, -0.2) is 22.5 Å². The van der Waals surface area contributed by atoms with Gasteiger partial charge in [0.25, 0.3) is 5.56 Å². The van der Waals surface area contributed by atoms with E-state index in [1.165, 1.54) is 38.2 Å². The highest BCUT2D eigenvalue weighted by Gasteiger charge is 2.27. The van der Waals surface area contributed by atoms with Gasteiger partial charge in [0, 0.05) is 28.3 Å². The van der Waals surface area contributed by atoms with E-state index in [0.29, 0.717) is 11.4 Å². The third kappa shape index (κ3) is 4.86. The second-order valence-electron chi connectivity index (χ2n) is 9.96. The Balaban J connectivity index is 1.77. The Kier molecular flexibility index (Phi) is 7.06. The molecule has 0 aliphatic heterocycles. The maximum Gasteiger partial charge on any atom is 0.258 e. The van der Waals surface area contributed by atoms with E-state index < -0.39 is 21.3 Å². The van der Waals surface area contributed by atoms with E-state index in [1.54, 1.807) is 34.7 Å². The number of halogens is 2. The Labute approximate surface area is 213 Å². The third-order valence-electron chi connectivity index (χ3n) is 6.39. The Morgan fingerprint density at radius 3 is 2.44 bits per heavy atom. The fourth-order valence-corrected chi connectivity index (χ4v) is 6.24. The van der Waals surface area contributed by atoms with Crippen LogP contribution in [0.1, 0.15) is 58.7 Å². The third-order valence-corrected chi connectivity index (χ3v) is 8.65. The van der Waals surface area contributed by atoms with Crippen molar-refractivity contribution in [2.75, 3.05) is 0 Å². The molecule has 2 heterocycles. The van der Waals surface area contributed by atoms with E-state index in [0.717, 1.165) is 38.8 Å². The average molecular weight is 597 g/mol. The van der Waals surface area contributed by atoms with Gasteiger partial charge in [-0.25, -0.2) is 13.4 Å². The van der Waals surface area contributed by atoms with Crippen LogP contribution in [0.25, 0.3) is 17.0 Å². The number of fused-ring (bicyclic) bond motifs is 1. The van der Waals surface area contributed by atoms with E-state index in [4.69, 9.17) is 4.98 Å². The lowest BCUT2D eigenvalue weighted by Crippen LogP contribution is -2.22. The van der Waals surface area contributed by atoms with E-state index in [1.807, 2.05) is 6.07 Å². The van der Waals surface area contributed by atoms with Gasteiger partial charge in [0.05, 0.1) is 20.8 Å². The number of nitrogens with zero attached hydrogens (tertiary/aromatic N) is 3. The first-order valence-electron chi connectivity index (χ1n) is 11.5. The molecule has 34 heavy (non-hydrogen) atoms. The van der Waals surface area contributed by atoms with Gasteiger partial charge in [-0.15, -0.1) is 0 Å². The van der Waals surface area contributed by atoms with Crippen molar-refractivity contribution in [3.05, 3.63) is 56.8 Å². The van der Waals surface area contributed by atoms with E-state index >= 15 is 0 Å². The van der Waals surface area contributed by atoms with Crippen molar-refractivity contribution in [2.45, 2.75) is 74.6 Å². The highest BCUT2D eigenvalue weighted by molar-refractivity contribution is 14.1. The van der Waals surface area contributed by atoms with Crippen LogP contribution < -0.4 is 5.56 Å². The quantitative estimate of drug-likeness (QED) is 0.335. The van der Waals surface area contributed by atoms with Gasteiger partial charge in [0.1, 0.15) is 5.82 Å². The van der Waals surface area contributed by atoms with Crippen molar-refractivity contribution >= 4 is 49.4 Å². The van der Waals surface area contributed by atoms with Gasteiger partial charge in [-0.3, -0.25) is 9.36 Å². The number of pyridine rings is 1. The van der Waals surface area contributed by atoms with Crippen LogP contribution >= 0.6 is 22.6 Å². The summed E-state index contributed by atoms with van der Waals surface area (Å²) in [5.74, 6) is 0.764. The molecule has 1 aliphatic rings. The highest BCUT2D eigenvalue weighted by Crippen LogP contribution is 2.33. The molecular weight excluding hydrogens is 568 g/mol. The monoisotopic (exact) mass is 597 g/mol. The minimum Gasteiger partial charge on any atom is -0.327 e. The van der Waals surface area contributed by atoms with Gasteiger partial charge < -0.3 is 4.57 Å². The molecule has 2 aromatic heterocycles. The molecule has 0 unspecified atom stereocenters. The topological polar surface area (TPSA) is 74.0 Å². The first-order chi connectivity index (χ1) is 16.0. The summed E-state index contributed by atoms with van der Waals surface area (Å²) in [6.07, 6.45) is 7.33. The molecule has 182 valence electrons. The number of aromatic nitrogens is 3. The largest absolute Gasteiger partial charge is 0.327 e. The number of hydrogen-bond donors (Lipinski definition) is 0. The Morgan fingerprint density at radius 2 is 1.82 bits per heavy atom. The van der Waals surface area contributed by atoms with Crippen LogP contribution in [-0.2, 0) is 21.8 Å². The van der Waals surface area contributed by atoms with Crippen LogP contribution in [0.4, 0.5) is 4.39 Å². The fourth-order valence-electron chi connectivity index (χ4n) is 4.66. The molecule has 1 saturated carbocycles. The molecule has 1 aliphatic carbocycles. The molecule has 3 aromatic rings. The lowest BCUT2D eigenvalue weighted by molar-refractivity contribution is 0.313. The number of benzene rings is 1. The van der Waals surface area contributed by atoms with E-state index in [-0.39, 0.29) is 15.2 Å². The van der Waals surface area contributed by atoms with Crippen molar-refractivity contribution in [3.8, 4) is 0 Å². The maximum atomic E-state index is 13.8. The highest BCUT2D eigenvalue weighted by atomic mass is 127. The lowest BCUT2D eigenvalue weighted by Gasteiger charge is -2.26. The normalized spacial score (nSPS) is 16.3. The van der Waals surface area contributed by atoms with Crippen molar-refractivity contribution < 1.29 is 12.8 Å². The predicted molar refractivity (Wildman–Crippen MR) is 141 cm³/mol. The first-order valence-corrected chi connectivity index (χ1v) is 14.2. The Hall–Kier alpha value is -2.01. The number of rotatable bonds is 5. The van der Waals surface area contributed by atoms with Gasteiger partial charge >= 0.3 is 0 Å². The van der Waals surface area contributed by atoms with Crippen molar-refractivity contribution in [1.29, 1.82) is 0 Å².